The van der Waals surface area contributed by atoms with Gasteiger partial charge in [0.15, 0.2) is 0 Å². The molecule has 0 unspecified atom stereocenters. The Balaban J connectivity index is 2.07. The summed E-state index contributed by atoms with van der Waals surface area (Å²) < 4.78 is 0. The van der Waals surface area contributed by atoms with Crippen molar-refractivity contribution in [3.63, 3.8) is 0 Å². The molecule has 3 rings (SSSR count). The molecule has 1 aliphatic rings. The lowest BCUT2D eigenvalue weighted by atomic mass is 9.97. The lowest BCUT2D eigenvalue weighted by Crippen LogP contribution is -2.03. The molecule has 92 valence electrons. The second kappa shape index (κ2) is 4.58. The van der Waals surface area contributed by atoms with E-state index in [1.54, 1.807) is 0 Å². The van der Waals surface area contributed by atoms with Crippen LogP contribution in [0.5, 0.6) is 0 Å². The maximum Gasteiger partial charge on any atom is 0.240 e. The van der Waals surface area contributed by atoms with Gasteiger partial charge in [-0.1, -0.05) is 30.3 Å². The Labute approximate surface area is 111 Å². The lowest BCUT2D eigenvalue weighted by molar-refractivity contribution is -0.115. The Morgan fingerprint density at radius 2 is 2.05 bits per heavy atom. The van der Waals surface area contributed by atoms with E-state index < -0.39 is 0 Å². The molecular weight excluding hydrogens is 236 g/mol. The second-order valence-electron chi connectivity index (χ2n) is 4.57. The van der Waals surface area contributed by atoms with Gasteiger partial charge in [-0.05, 0) is 28.8 Å². The highest BCUT2D eigenvalue weighted by molar-refractivity contribution is 5.99. The highest BCUT2D eigenvalue weighted by Crippen LogP contribution is 2.31. The largest absolute Gasteiger partial charge is 0.326 e. The molecule has 19 heavy (non-hydrogen) atoms. The van der Waals surface area contributed by atoms with Crippen molar-refractivity contribution in [3.8, 4) is 11.1 Å². The maximum atomic E-state index is 11.4. The molecule has 2 aromatic rings. The van der Waals surface area contributed by atoms with Crippen molar-refractivity contribution in [2.75, 3.05) is 5.32 Å². The zero-order valence-electron chi connectivity index (χ0n) is 10.3. The fourth-order valence-corrected chi connectivity index (χ4v) is 2.42. The number of hydrogen-bond donors (Lipinski definition) is 1. The van der Waals surface area contributed by atoms with E-state index in [0.717, 1.165) is 27.9 Å². The highest BCUT2D eigenvalue weighted by atomic mass is 16.1. The van der Waals surface area contributed by atoms with Crippen molar-refractivity contribution in [3.05, 3.63) is 65.0 Å². The predicted molar refractivity (Wildman–Crippen MR) is 74.5 cm³/mol. The Morgan fingerprint density at radius 1 is 1.21 bits per heavy atom. The van der Waals surface area contributed by atoms with Crippen LogP contribution in [-0.2, 0) is 17.8 Å². The summed E-state index contributed by atoms with van der Waals surface area (Å²) in [6.07, 6.45) is 0.439. The Kier molecular flexibility index (Phi) is 2.77. The van der Waals surface area contributed by atoms with E-state index in [9.17, 15) is 4.79 Å². The second-order valence-corrected chi connectivity index (χ2v) is 4.57. The van der Waals surface area contributed by atoms with Crippen LogP contribution >= 0.6 is 0 Å². The van der Waals surface area contributed by atoms with Crippen LogP contribution in [0.3, 0.4) is 0 Å². The fourth-order valence-electron chi connectivity index (χ4n) is 2.42. The third-order valence-electron chi connectivity index (χ3n) is 3.31. The molecule has 0 fully saturated rings. The van der Waals surface area contributed by atoms with Gasteiger partial charge in [0, 0.05) is 11.3 Å². The van der Waals surface area contributed by atoms with Gasteiger partial charge in [0.1, 0.15) is 0 Å². The van der Waals surface area contributed by atoms with Gasteiger partial charge in [-0.3, -0.25) is 4.79 Å². The van der Waals surface area contributed by atoms with Crippen LogP contribution in [0, 0.1) is 6.57 Å². The van der Waals surface area contributed by atoms with E-state index in [1.165, 1.54) is 0 Å². The van der Waals surface area contributed by atoms with Crippen LogP contribution in [0.2, 0.25) is 0 Å². The number of anilines is 1. The minimum absolute atomic E-state index is 0.0431. The SMILES string of the molecule is [C-]#[N+]Cc1ccccc1-c1ccc2c(c1)CC(=O)N2. The third-order valence-corrected chi connectivity index (χ3v) is 3.31. The molecule has 1 aliphatic heterocycles. The van der Waals surface area contributed by atoms with Gasteiger partial charge in [-0.25, -0.2) is 6.57 Å². The average Bonchev–Trinajstić information content (AvgIpc) is 2.79. The molecule has 0 atom stereocenters. The quantitative estimate of drug-likeness (QED) is 0.813. The van der Waals surface area contributed by atoms with Crippen LogP contribution in [0.15, 0.2) is 42.5 Å². The summed E-state index contributed by atoms with van der Waals surface area (Å²) in [6, 6.07) is 13.9. The normalized spacial score (nSPS) is 12.7. The number of benzene rings is 2. The molecule has 0 aromatic heterocycles. The number of rotatable bonds is 2. The number of nitrogens with zero attached hydrogens (tertiary/aromatic N) is 1. The molecule has 2 aromatic carbocycles. The van der Waals surface area contributed by atoms with Crippen LogP contribution in [0.4, 0.5) is 5.69 Å². The zero-order chi connectivity index (χ0) is 13.2. The van der Waals surface area contributed by atoms with E-state index in [-0.39, 0.29) is 5.91 Å². The molecule has 0 aliphatic carbocycles. The predicted octanol–water partition coefficient (Wildman–Crippen LogP) is 3.27. The van der Waals surface area contributed by atoms with Gasteiger partial charge in [-0.15, -0.1) is 0 Å². The number of nitrogens with one attached hydrogen (secondary N) is 1. The first-order valence-corrected chi connectivity index (χ1v) is 6.12. The van der Waals surface area contributed by atoms with E-state index in [0.29, 0.717) is 13.0 Å². The van der Waals surface area contributed by atoms with E-state index in [2.05, 4.69) is 10.2 Å². The number of carbonyl (C=O) groups excluding carboxylic acids is 1. The number of carbonyl (C=O) groups is 1. The van der Waals surface area contributed by atoms with Crippen LogP contribution in [0.1, 0.15) is 11.1 Å². The van der Waals surface area contributed by atoms with Crippen molar-refractivity contribution in [2.45, 2.75) is 13.0 Å². The first-order chi connectivity index (χ1) is 9.28. The van der Waals surface area contributed by atoms with Crippen molar-refractivity contribution in [1.29, 1.82) is 0 Å². The molecule has 1 heterocycles. The van der Waals surface area contributed by atoms with Gasteiger partial charge in [0.25, 0.3) is 0 Å². The molecule has 1 amide bonds. The van der Waals surface area contributed by atoms with Crippen molar-refractivity contribution in [2.24, 2.45) is 0 Å². The first-order valence-electron chi connectivity index (χ1n) is 6.12. The number of amides is 1. The smallest absolute Gasteiger partial charge is 0.240 e. The van der Waals surface area contributed by atoms with Gasteiger partial charge in [0.2, 0.25) is 12.5 Å². The van der Waals surface area contributed by atoms with Gasteiger partial charge < -0.3 is 10.2 Å². The average molecular weight is 248 g/mol. The van der Waals surface area contributed by atoms with Crippen LogP contribution in [-0.4, -0.2) is 5.91 Å². The summed E-state index contributed by atoms with van der Waals surface area (Å²) in [5.41, 5.74) is 5.08. The fraction of sp³-hybridized carbons (Fsp3) is 0.125. The summed E-state index contributed by atoms with van der Waals surface area (Å²) in [5.74, 6) is 0.0431. The summed E-state index contributed by atoms with van der Waals surface area (Å²) >= 11 is 0. The topological polar surface area (TPSA) is 33.5 Å². The summed E-state index contributed by atoms with van der Waals surface area (Å²) in [5, 5.41) is 2.83. The highest BCUT2D eigenvalue weighted by Gasteiger charge is 2.18. The molecule has 0 saturated carbocycles. The minimum atomic E-state index is 0.0431. The molecule has 0 saturated heterocycles. The summed E-state index contributed by atoms with van der Waals surface area (Å²) in [7, 11) is 0. The van der Waals surface area contributed by atoms with E-state index >= 15 is 0 Å². The molecule has 3 heteroatoms. The van der Waals surface area contributed by atoms with E-state index in [4.69, 9.17) is 6.57 Å². The first kappa shape index (κ1) is 11.5. The van der Waals surface area contributed by atoms with E-state index in [1.807, 2.05) is 42.5 Å². The van der Waals surface area contributed by atoms with Gasteiger partial charge >= 0.3 is 0 Å². The Morgan fingerprint density at radius 3 is 2.89 bits per heavy atom. The van der Waals surface area contributed by atoms with Crippen LogP contribution < -0.4 is 5.32 Å². The minimum Gasteiger partial charge on any atom is -0.326 e. The van der Waals surface area contributed by atoms with Crippen molar-refractivity contribution in [1.82, 2.24) is 0 Å². The Hall–Kier alpha value is -2.60. The van der Waals surface area contributed by atoms with Crippen molar-refractivity contribution < 1.29 is 4.79 Å². The van der Waals surface area contributed by atoms with Gasteiger partial charge in [0.05, 0.1) is 6.42 Å². The molecular formula is C16H12N2O. The van der Waals surface area contributed by atoms with Gasteiger partial charge in [-0.2, -0.15) is 0 Å². The van der Waals surface area contributed by atoms with Crippen LogP contribution in [0.25, 0.3) is 16.0 Å². The standard InChI is InChI=1S/C16H12N2O/c1-17-10-12-4-2-3-5-14(12)11-6-7-15-13(8-11)9-16(19)18-15/h2-8H,9-10H2,(H,18,19). The molecule has 1 N–H and O–H groups in total. The molecule has 0 spiro atoms. The molecule has 0 bridgehead atoms. The lowest BCUT2D eigenvalue weighted by Gasteiger charge is -2.07. The Bertz CT molecular complexity index is 698. The zero-order valence-corrected chi connectivity index (χ0v) is 10.3. The monoisotopic (exact) mass is 248 g/mol. The molecule has 3 nitrogen and oxygen atoms in total. The maximum absolute atomic E-state index is 11.4. The summed E-state index contributed by atoms with van der Waals surface area (Å²) in [6.45, 7) is 7.40. The van der Waals surface area contributed by atoms with Crippen molar-refractivity contribution >= 4 is 11.6 Å². The number of hydrogen-bond acceptors (Lipinski definition) is 1. The number of fused-ring (bicyclic) bond motifs is 1. The third kappa shape index (κ3) is 2.09. The summed E-state index contributed by atoms with van der Waals surface area (Å²) in [4.78, 5) is 14.8. The molecule has 0 radical (unpaired) electrons.